The van der Waals surface area contributed by atoms with E-state index in [1.807, 2.05) is 0 Å². The molecule has 13 heavy (non-hydrogen) atoms. The number of para-hydroxylation sites is 1. The number of rotatable bonds is 3. The Morgan fingerprint density at radius 2 is 1.62 bits per heavy atom. The quantitative estimate of drug-likeness (QED) is 0.671. The number of halogens is 4. The maximum Gasteiger partial charge on any atom is 0.387 e. The molecule has 0 fully saturated rings. The third-order valence-electron chi connectivity index (χ3n) is 1.37. The normalized spacial score (nSPS) is 10.9. The van der Waals surface area contributed by atoms with Crippen molar-refractivity contribution in [2.45, 2.75) is 13.0 Å². The number of benzene rings is 1. The number of hydrogen-bond acceptors (Lipinski definition) is 1. The maximum absolute atomic E-state index is 12.2. The predicted molar refractivity (Wildman–Crippen MR) is 38.0 cm³/mol. The van der Waals surface area contributed by atoms with Crippen molar-refractivity contribution in [3.05, 3.63) is 29.8 Å². The van der Waals surface area contributed by atoms with Gasteiger partial charge in [-0.1, -0.05) is 12.1 Å². The molecule has 5 heteroatoms. The Hall–Kier alpha value is -1.26. The summed E-state index contributed by atoms with van der Waals surface area (Å²) in [6.45, 7) is -3.08. The second kappa shape index (κ2) is 4.11. The van der Waals surface area contributed by atoms with Crippen LogP contribution in [0.2, 0.25) is 0 Å². The lowest BCUT2D eigenvalue weighted by Gasteiger charge is -2.08. The SMILES string of the molecule is FC(F)Oc1ccccc1C(F)F. The largest absolute Gasteiger partial charge is 0.434 e. The smallest absolute Gasteiger partial charge is 0.387 e. The average Bonchev–Trinajstić information content (AvgIpc) is 2.03. The van der Waals surface area contributed by atoms with Crippen LogP contribution in [0, 0.1) is 0 Å². The van der Waals surface area contributed by atoms with Crippen molar-refractivity contribution >= 4 is 0 Å². The van der Waals surface area contributed by atoms with Crippen LogP contribution in [0.25, 0.3) is 0 Å². The molecule has 0 aliphatic heterocycles. The molecule has 1 aromatic carbocycles. The van der Waals surface area contributed by atoms with Crippen molar-refractivity contribution in [1.82, 2.24) is 0 Å². The van der Waals surface area contributed by atoms with E-state index in [1.165, 1.54) is 12.1 Å². The van der Waals surface area contributed by atoms with Crippen LogP contribution in [0.3, 0.4) is 0 Å². The molecule has 1 rings (SSSR count). The van der Waals surface area contributed by atoms with Crippen molar-refractivity contribution in [3.63, 3.8) is 0 Å². The first kappa shape index (κ1) is 9.83. The molecule has 1 nitrogen and oxygen atoms in total. The topological polar surface area (TPSA) is 9.23 Å². The summed E-state index contributed by atoms with van der Waals surface area (Å²) < 4.78 is 51.6. The second-order valence-electron chi connectivity index (χ2n) is 2.22. The van der Waals surface area contributed by atoms with Gasteiger partial charge in [0.2, 0.25) is 0 Å². The van der Waals surface area contributed by atoms with Gasteiger partial charge in [-0.25, -0.2) is 8.78 Å². The first-order chi connectivity index (χ1) is 6.11. The zero-order chi connectivity index (χ0) is 9.84. The van der Waals surface area contributed by atoms with Crippen LogP contribution in [-0.2, 0) is 0 Å². The Labute approximate surface area is 71.9 Å². The summed E-state index contributed by atoms with van der Waals surface area (Å²) in [4.78, 5) is 0. The summed E-state index contributed by atoms with van der Waals surface area (Å²) in [6, 6.07) is 4.81. The fraction of sp³-hybridized carbons (Fsp3) is 0.250. The van der Waals surface area contributed by atoms with Gasteiger partial charge in [-0.3, -0.25) is 0 Å². The molecule has 72 valence electrons. The van der Waals surface area contributed by atoms with Gasteiger partial charge in [0, 0.05) is 0 Å². The zero-order valence-electron chi connectivity index (χ0n) is 6.38. The minimum atomic E-state index is -3.08. The fourth-order valence-corrected chi connectivity index (χ4v) is 0.864. The van der Waals surface area contributed by atoms with Gasteiger partial charge in [0.1, 0.15) is 5.75 Å². The molecule has 0 bridgehead atoms. The fourth-order valence-electron chi connectivity index (χ4n) is 0.864. The molecular weight excluding hydrogens is 188 g/mol. The van der Waals surface area contributed by atoms with E-state index in [9.17, 15) is 17.6 Å². The van der Waals surface area contributed by atoms with E-state index < -0.39 is 24.3 Å². The molecule has 0 saturated heterocycles. The Kier molecular flexibility index (Phi) is 3.11. The Morgan fingerprint density at radius 1 is 1.00 bits per heavy atom. The Balaban J connectivity index is 2.91. The summed E-state index contributed by atoms with van der Waals surface area (Å²) in [5.41, 5.74) is -0.525. The molecule has 0 aromatic heterocycles. The monoisotopic (exact) mass is 194 g/mol. The van der Waals surface area contributed by atoms with Crippen LogP contribution in [0.4, 0.5) is 17.6 Å². The Morgan fingerprint density at radius 3 is 2.15 bits per heavy atom. The van der Waals surface area contributed by atoms with Crippen molar-refractivity contribution in [3.8, 4) is 5.75 Å². The molecule has 0 saturated carbocycles. The van der Waals surface area contributed by atoms with Crippen molar-refractivity contribution in [2.24, 2.45) is 0 Å². The summed E-state index contributed by atoms with van der Waals surface area (Å²) in [5, 5.41) is 0. The van der Waals surface area contributed by atoms with Gasteiger partial charge in [0.25, 0.3) is 6.43 Å². The van der Waals surface area contributed by atoms with E-state index in [-0.39, 0.29) is 0 Å². The molecule has 0 aliphatic carbocycles. The minimum Gasteiger partial charge on any atom is -0.434 e. The number of hydrogen-bond donors (Lipinski definition) is 0. The van der Waals surface area contributed by atoms with E-state index in [2.05, 4.69) is 4.74 Å². The van der Waals surface area contributed by atoms with Gasteiger partial charge in [-0.2, -0.15) is 8.78 Å². The van der Waals surface area contributed by atoms with Crippen LogP contribution in [0.1, 0.15) is 12.0 Å². The summed E-state index contributed by atoms with van der Waals surface area (Å²) in [5.74, 6) is -0.479. The number of alkyl halides is 4. The van der Waals surface area contributed by atoms with Crippen LogP contribution < -0.4 is 4.74 Å². The van der Waals surface area contributed by atoms with Crippen molar-refractivity contribution in [2.75, 3.05) is 0 Å². The van der Waals surface area contributed by atoms with Gasteiger partial charge >= 0.3 is 6.61 Å². The van der Waals surface area contributed by atoms with E-state index in [0.29, 0.717) is 0 Å². The highest BCUT2D eigenvalue weighted by Crippen LogP contribution is 2.29. The lowest BCUT2D eigenvalue weighted by molar-refractivity contribution is -0.0519. The predicted octanol–water partition coefficient (Wildman–Crippen LogP) is 3.23. The standard InChI is InChI=1S/C8H6F4O/c9-7(10)5-3-1-2-4-6(5)13-8(11)12/h1-4,7-8H. The molecule has 0 aliphatic rings. The molecule has 0 amide bonds. The van der Waals surface area contributed by atoms with Crippen LogP contribution in [-0.4, -0.2) is 6.61 Å². The molecule has 0 spiro atoms. The first-order valence-electron chi connectivity index (χ1n) is 3.43. The van der Waals surface area contributed by atoms with Gasteiger partial charge < -0.3 is 4.74 Å². The third-order valence-corrected chi connectivity index (χ3v) is 1.37. The summed E-state index contributed by atoms with van der Waals surface area (Å²) >= 11 is 0. The van der Waals surface area contributed by atoms with Gasteiger partial charge in [0.05, 0.1) is 5.56 Å². The van der Waals surface area contributed by atoms with Gasteiger partial charge in [-0.05, 0) is 12.1 Å². The highest BCUT2D eigenvalue weighted by atomic mass is 19.3. The maximum atomic E-state index is 12.2. The van der Waals surface area contributed by atoms with E-state index >= 15 is 0 Å². The highest BCUT2D eigenvalue weighted by molar-refractivity contribution is 5.34. The lowest BCUT2D eigenvalue weighted by atomic mass is 10.2. The second-order valence-corrected chi connectivity index (χ2v) is 2.22. The first-order valence-corrected chi connectivity index (χ1v) is 3.43. The van der Waals surface area contributed by atoms with Gasteiger partial charge in [-0.15, -0.1) is 0 Å². The van der Waals surface area contributed by atoms with Crippen molar-refractivity contribution < 1.29 is 22.3 Å². The van der Waals surface area contributed by atoms with E-state index in [0.717, 1.165) is 12.1 Å². The molecule has 1 aromatic rings. The average molecular weight is 194 g/mol. The summed E-state index contributed by atoms with van der Waals surface area (Å²) in [6.07, 6.45) is -2.81. The van der Waals surface area contributed by atoms with Crippen molar-refractivity contribution in [1.29, 1.82) is 0 Å². The molecular formula is C8H6F4O. The van der Waals surface area contributed by atoms with Gasteiger partial charge in [0.15, 0.2) is 0 Å². The molecule has 0 atom stereocenters. The lowest BCUT2D eigenvalue weighted by Crippen LogP contribution is -2.04. The third kappa shape index (κ3) is 2.61. The van der Waals surface area contributed by atoms with E-state index in [4.69, 9.17) is 0 Å². The zero-order valence-corrected chi connectivity index (χ0v) is 6.38. The van der Waals surface area contributed by atoms with Crippen LogP contribution in [0.15, 0.2) is 24.3 Å². The minimum absolute atomic E-state index is 0.479. The van der Waals surface area contributed by atoms with E-state index in [1.54, 1.807) is 0 Å². The van der Waals surface area contributed by atoms with Crippen LogP contribution in [0.5, 0.6) is 5.75 Å². The summed E-state index contributed by atoms with van der Waals surface area (Å²) in [7, 11) is 0. The molecule has 0 N–H and O–H groups in total. The molecule has 0 unspecified atom stereocenters. The highest BCUT2D eigenvalue weighted by Gasteiger charge is 2.15. The van der Waals surface area contributed by atoms with Crippen LogP contribution >= 0.6 is 0 Å². The molecule has 0 radical (unpaired) electrons. The number of ether oxygens (including phenoxy) is 1. The molecule has 0 heterocycles. The Bertz CT molecular complexity index is 275.